The summed E-state index contributed by atoms with van der Waals surface area (Å²) in [6, 6.07) is 13.5. The molecule has 6 nitrogen and oxygen atoms in total. The molecule has 0 bridgehead atoms. The van der Waals surface area contributed by atoms with E-state index in [0.29, 0.717) is 33.6 Å². The Morgan fingerprint density at radius 2 is 2.00 bits per heavy atom. The molecular weight excluding hydrogens is 415 g/mol. The molecule has 0 N–H and O–H groups in total. The predicted octanol–water partition coefficient (Wildman–Crippen LogP) is 5.26. The minimum absolute atomic E-state index is 0.156. The first-order chi connectivity index (χ1) is 15.0. The fourth-order valence-corrected chi connectivity index (χ4v) is 4.06. The van der Waals surface area contributed by atoms with Gasteiger partial charge in [0.1, 0.15) is 5.82 Å². The topological polar surface area (TPSA) is 68.2 Å². The van der Waals surface area contributed by atoms with Crippen molar-refractivity contribution >= 4 is 23.4 Å². The number of halogens is 1. The fraction of sp³-hybridized carbons (Fsp3) is 0.304. The number of anilines is 1. The number of amides is 1. The van der Waals surface area contributed by atoms with E-state index in [0.717, 1.165) is 5.75 Å². The second kappa shape index (κ2) is 9.01. The van der Waals surface area contributed by atoms with E-state index in [1.54, 1.807) is 24.0 Å². The van der Waals surface area contributed by atoms with Crippen LogP contribution in [0.1, 0.15) is 39.0 Å². The molecule has 1 aliphatic heterocycles. The highest BCUT2D eigenvalue weighted by Gasteiger charge is 2.35. The smallest absolute Gasteiger partial charge is 0.247 e. The number of hydrogen-bond acceptors (Lipinski definition) is 6. The number of ether oxygens (including phenoxy) is 1. The number of aromatic nitrogens is 3. The zero-order valence-electron chi connectivity index (χ0n) is 17.6. The molecule has 0 saturated carbocycles. The first-order valence-electron chi connectivity index (χ1n) is 10.2. The van der Waals surface area contributed by atoms with Gasteiger partial charge in [-0.1, -0.05) is 62.9 Å². The van der Waals surface area contributed by atoms with Crippen LogP contribution < -0.4 is 9.64 Å². The summed E-state index contributed by atoms with van der Waals surface area (Å²) in [4.78, 5) is 19.2. The number of rotatable bonds is 5. The third-order valence-corrected chi connectivity index (χ3v) is 6.03. The van der Waals surface area contributed by atoms with Crippen LogP contribution in [-0.4, -0.2) is 26.8 Å². The van der Waals surface area contributed by atoms with Gasteiger partial charge in [-0.2, -0.15) is 4.98 Å². The van der Waals surface area contributed by atoms with Crippen LogP contribution in [0.4, 0.5) is 10.1 Å². The molecule has 1 atom stereocenters. The van der Waals surface area contributed by atoms with Crippen molar-refractivity contribution in [3.63, 3.8) is 0 Å². The Labute approximate surface area is 184 Å². The van der Waals surface area contributed by atoms with Gasteiger partial charge >= 0.3 is 0 Å². The molecule has 1 amide bonds. The number of thioether (sulfide) groups is 1. The maximum absolute atomic E-state index is 14.1. The average Bonchev–Trinajstić information content (AvgIpc) is 2.91. The summed E-state index contributed by atoms with van der Waals surface area (Å²) in [6.07, 6.45) is -0.626. The van der Waals surface area contributed by atoms with Gasteiger partial charge in [0.2, 0.25) is 23.2 Å². The summed E-state index contributed by atoms with van der Waals surface area (Å²) in [6.45, 7) is 6.01. The molecule has 8 heteroatoms. The summed E-state index contributed by atoms with van der Waals surface area (Å²) >= 11 is 1.50. The van der Waals surface area contributed by atoms with E-state index in [1.165, 1.54) is 23.9 Å². The lowest BCUT2D eigenvalue weighted by atomic mass is 10.1. The lowest BCUT2D eigenvalue weighted by Crippen LogP contribution is -2.37. The highest BCUT2D eigenvalue weighted by atomic mass is 32.2. The van der Waals surface area contributed by atoms with Gasteiger partial charge in [-0.3, -0.25) is 9.69 Å². The first kappa shape index (κ1) is 21.2. The third-order valence-electron chi connectivity index (χ3n) is 4.76. The Kier molecular flexibility index (Phi) is 6.18. The molecule has 1 aliphatic rings. The van der Waals surface area contributed by atoms with Gasteiger partial charge in [0.05, 0.1) is 5.69 Å². The van der Waals surface area contributed by atoms with Crippen molar-refractivity contribution in [2.75, 3.05) is 10.7 Å². The molecule has 31 heavy (non-hydrogen) atoms. The standard InChI is InChI=1S/C23H23FN4O2S/c1-4-19(29)28-18-11-6-5-10-17(18)20-21(25-23(27-26-20)31-13-14(2)3)30-22(28)15-8-7-9-16(24)12-15/h5-12,14,22H,4,13H2,1-3H3/t22-/m1/s1. The molecular formula is C23H23FN4O2S. The Hall–Kier alpha value is -3.00. The molecule has 2 heterocycles. The molecule has 2 aromatic carbocycles. The third kappa shape index (κ3) is 4.39. The van der Waals surface area contributed by atoms with E-state index in [2.05, 4.69) is 29.0 Å². The van der Waals surface area contributed by atoms with Crippen LogP contribution in [0, 0.1) is 11.7 Å². The highest BCUT2D eigenvalue weighted by molar-refractivity contribution is 7.99. The van der Waals surface area contributed by atoms with Gasteiger partial charge in [0, 0.05) is 23.3 Å². The second-order valence-electron chi connectivity index (χ2n) is 7.61. The van der Waals surface area contributed by atoms with Crippen LogP contribution in [0.2, 0.25) is 0 Å². The number of hydrogen-bond donors (Lipinski definition) is 0. The van der Waals surface area contributed by atoms with Crippen molar-refractivity contribution in [2.24, 2.45) is 5.92 Å². The molecule has 1 aromatic heterocycles. The van der Waals surface area contributed by atoms with E-state index < -0.39 is 12.0 Å². The lowest BCUT2D eigenvalue weighted by Gasteiger charge is -2.30. The highest BCUT2D eigenvalue weighted by Crippen LogP contribution is 2.43. The zero-order chi connectivity index (χ0) is 22.0. The number of para-hydroxylation sites is 1. The number of carbonyl (C=O) groups excluding carboxylic acids is 1. The maximum Gasteiger partial charge on any atom is 0.247 e. The molecule has 0 radical (unpaired) electrons. The van der Waals surface area contributed by atoms with Gasteiger partial charge in [-0.15, -0.1) is 10.2 Å². The van der Waals surface area contributed by atoms with Gasteiger partial charge in [0.15, 0.2) is 5.69 Å². The van der Waals surface area contributed by atoms with E-state index in [4.69, 9.17) is 4.74 Å². The van der Waals surface area contributed by atoms with E-state index >= 15 is 0 Å². The molecule has 0 fully saturated rings. The molecule has 3 aromatic rings. The van der Waals surface area contributed by atoms with Crippen molar-refractivity contribution in [3.8, 4) is 17.1 Å². The number of fused-ring (bicyclic) bond motifs is 3. The van der Waals surface area contributed by atoms with E-state index in [1.807, 2.05) is 24.3 Å². The first-order valence-corrected chi connectivity index (χ1v) is 11.2. The van der Waals surface area contributed by atoms with Crippen LogP contribution in [0.3, 0.4) is 0 Å². The summed E-state index contributed by atoms with van der Waals surface area (Å²) in [5, 5.41) is 9.16. The molecule has 4 rings (SSSR count). The van der Waals surface area contributed by atoms with Gasteiger partial charge in [-0.25, -0.2) is 4.39 Å². The average molecular weight is 439 g/mol. The van der Waals surface area contributed by atoms with Gasteiger partial charge < -0.3 is 4.74 Å². The summed E-state index contributed by atoms with van der Waals surface area (Å²) < 4.78 is 20.3. The molecule has 0 spiro atoms. The van der Waals surface area contributed by atoms with Crippen molar-refractivity contribution in [1.82, 2.24) is 15.2 Å². The Morgan fingerprint density at radius 1 is 1.19 bits per heavy atom. The normalized spacial score (nSPS) is 15.1. The SMILES string of the molecule is CCC(=O)N1c2ccccc2-c2nnc(SCC(C)C)nc2O[C@@H]1c1cccc(F)c1. The van der Waals surface area contributed by atoms with Crippen LogP contribution >= 0.6 is 11.8 Å². The fourth-order valence-electron chi connectivity index (χ4n) is 3.33. The monoisotopic (exact) mass is 438 g/mol. The van der Waals surface area contributed by atoms with Crippen molar-refractivity contribution in [2.45, 2.75) is 38.6 Å². The summed E-state index contributed by atoms with van der Waals surface area (Å²) in [5.74, 6) is 1.01. The maximum atomic E-state index is 14.1. The Bertz CT molecular complexity index is 1110. The Balaban J connectivity index is 1.89. The van der Waals surface area contributed by atoms with Gasteiger partial charge in [-0.05, 0) is 24.1 Å². The largest absolute Gasteiger partial charge is 0.447 e. The van der Waals surface area contributed by atoms with Crippen molar-refractivity contribution in [3.05, 3.63) is 59.9 Å². The van der Waals surface area contributed by atoms with E-state index in [-0.39, 0.29) is 18.2 Å². The van der Waals surface area contributed by atoms with Crippen LogP contribution in [0.5, 0.6) is 5.88 Å². The molecule has 0 unspecified atom stereocenters. The minimum Gasteiger partial charge on any atom is -0.447 e. The number of carbonyl (C=O) groups is 1. The quantitative estimate of drug-likeness (QED) is 0.506. The molecule has 160 valence electrons. The van der Waals surface area contributed by atoms with Gasteiger partial charge in [0.25, 0.3) is 0 Å². The number of benzene rings is 2. The molecule has 0 saturated heterocycles. The molecule has 0 aliphatic carbocycles. The van der Waals surface area contributed by atoms with Crippen molar-refractivity contribution < 1.29 is 13.9 Å². The second-order valence-corrected chi connectivity index (χ2v) is 8.60. The lowest BCUT2D eigenvalue weighted by molar-refractivity contribution is -0.120. The van der Waals surface area contributed by atoms with E-state index in [9.17, 15) is 9.18 Å². The van der Waals surface area contributed by atoms with Crippen LogP contribution in [-0.2, 0) is 4.79 Å². The number of nitrogens with zero attached hydrogens (tertiary/aromatic N) is 4. The zero-order valence-corrected chi connectivity index (χ0v) is 18.4. The predicted molar refractivity (Wildman–Crippen MR) is 118 cm³/mol. The van der Waals surface area contributed by atoms with Crippen LogP contribution in [0.25, 0.3) is 11.3 Å². The van der Waals surface area contributed by atoms with Crippen molar-refractivity contribution in [1.29, 1.82) is 0 Å². The minimum atomic E-state index is -0.884. The summed E-state index contributed by atoms with van der Waals surface area (Å²) in [5.41, 5.74) is 2.29. The van der Waals surface area contributed by atoms with Crippen LogP contribution in [0.15, 0.2) is 53.7 Å². The summed E-state index contributed by atoms with van der Waals surface area (Å²) in [7, 11) is 0. The Morgan fingerprint density at radius 3 is 2.74 bits per heavy atom.